The van der Waals surface area contributed by atoms with Crippen molar-refractivity contribution in [2.24, 2.45) is 0 Å². The predicted octanol–water partition coefficient (Wildman–Crippen LogP) is 5.00. The highest BCUT2D eigenvalue weighted by atomic mass is 35.5. The summed E-state index contributed by atoms with van der Waals surface area (Å²) in [6.45, 7) is 1.80. The Balaban J connectivity index is 1.47. The fourth-order valence-corrected chi connectivity index (χ4v) is 4.42. The number of ether oxygens (including phenoxy) is 1. The summed E-state index contributed by atoms with van der Waals surface area (Å²) in [4.78, 5) is 25.8. The zero-order chi connectivity index (χ0) is 24.8. The van der Waals surface area contributed by atoms with Gasteiger partial charge in [0.25, 0.3) is 5.91 Å². The summed E-state index contributed by atoms with van der Waals surface area (Å²) in [5.41, 5.74) is -0.944. The molecule has 1 fully saturated rings. The van der Waals surface area contributed by atoms with E-state index in [1.807, 2.05) is 4.57 Å². The molecule has 0 atom stereocenters. The van der Waals surface area contributed by atoms with Crippen molar-refractivity contribution < 1.29 is 23.4 Å². The molecule has 0 radical (unpaired) electrons. The Labute approximate surface area is 203 Å². The van der Waals surface area contributed by atoms with E-state index in [4.69, 9.17) is 11.6 Å². The molecule has 180 valence electrons. The smallest absolute Gasteiger partial charge is 0.420 e. The van der Waals surface area contributed by atoms with Crippen LogP contribution in [0.1, 0.15) is 36.2 Å². The van der Waals surface area contributed by atoms with Crippen molar-refractivity contribution in [1.29, 1.82) is 0 Å². The average Bonchev–Trinajstić information content (AvgIpc) is 3.21. The molecular weight excluding hydrogens is 480 g/mol. The molecule has 2 aromatic carbocycles. The molecule has 1 amide bonds. The maximum atomic E-state index is 13.1. The Hall–Kier alpha value is -3.63. The van der Waals surface area contributed by atoms with Gasteiger partial charge in [-0.1, -0.05) is 0 Å². The number of carbonyl (C=O) groups excluding carboxylic acids is 1. The third-order valence-corrected chi connectivity index (χ3v) is 5.97. The highest BCUT2D eigenvalue weighted by molar-refractivity contribution is 6.20. The average molecular weight is 500 g/mol. The van der Waals surface area contributed by atoms with Crippen LogP contribution < -0.4 is 10.1 Å². The van der Waals surface area contributed by atoms with Crippen LogP contribution in [-0.2, 0) is 0 Å². The van der Waals surface area contributed by atoms with Crippen molar-refractivity contribution in [3.05, 3.63) is 67.0 Å². The minimum Gasteiger partial charge on any atom is -0.420 e. The van der Waals surface area contributed by atoms with Crippen LogP contribution in [0.4, 0.5) is 14.5 Å². The molecule has 1 aliphatic rings. The van der Waals surface area contributed by atoms with Gasteiger partial charge >= 0.3 is 5.57 Å². The van der Waals surface area contributed by atoms with E-state index < -0.39 is 17.1 Å². The van der Waals surface area contributed by atoms with Crippen molar-refractivity contribution in [3.63, 3.8) is 0 Å². The monoisotopic (exact) mass is 499 g/mol. The van der Waals surface area contributed by atoms with E-state index in [1.54, 1.807) is 37.8 Å². The van der Waals surface area contributed by atoms with Crippen LogP contribution in [-0.4, -0.2) is 41.7 Å². The van der Waals surface area contributed by atoms with Crippen molar-refractivity contribution in [2.45, 2.75) is 37.0 Å². The van der Waals surface area contributed by atoms with Crippen LogP contribution in [0.3, 0.4) is 0 Å². The van der Waals surface area contributed by atoms with E-state index in [1.165, 1.54) is 30.6 Å². The number of halogens is 3. The van der Waals surface area contributed by atoms with Gasteiger partial charge in [-0.05, 0) is 56.2 Å². The number of hydrogen-bond acceptors (Lipinski definition) is 6. The lowest BCUT2D eigenvalue weighted by atomic mass is 9.77. The van der Waals surface area contributed by atoms with Crippen LogP contribution in [0, 0.1) is 0 Å². The first kappa shape index (κ1) is 23.1. The number of aromatic nitrogens is 4. The number of imidazole rings is 1. The number of rotatable bonds is 6. The molecule has 5 rings (SSSR count). The molecule has 0 spiro atoms. The lowest BCUT2D eigenvalue weighted by Gasteiger charge is -2.41. The number of nitrogens with zero attached hydrogens (tertiary/aromatic N) is 4. The zero-order valence-corrected chi connectivity index (χ0v) is 19.2. The summed E-state index contributed by atoms with van der Waals surface area (Å²) in [5, 5.41) is 13.0. The third kappa shape index (κ3) is 4.94. The number of nitrogens with one attached hydrogen (secondary N) is 1. The zero-order valence-electron chi connectivity index (χ0n) is 18.5. The lowest BCUT2D eigenvalue weighted by molar-refractivity contribution is -0.0964. The van der Waals surface area contributed by atoms with E-state index >= 15 is 0 Å². The topological polar surface area (TPSA) is 102 Å². The number of aliphatic hydroxyl groups is 1. The first-order chi connectivity index (χ1) is 16.6. The number of carbonyl (C=O) groups is 1. The Kier molecular flexibility index (Phi) is 5.65. The maximum Gasteiger partial charge on any atom is 0.487 e. The van der Waals surface area contributed by atoms with E-state index in [0.717, 1.165) is 11.1 Å². The lowest BCUT2D eigenvalue weighted by Crippen LogP contribution is -2.41. The Morgan fingerprint density at radius 2 is 1.91 bits per heavy atom. The van der Waals surface area contributed by atoms with Gasteiger partial charge in [0, 0.05) is 52.4 Å². The number of benzene rings is 2. The molecule has 1 saturated carbocycles. The van der Waals surface area contributed by atoms with Crippen LogP contribution in [0.15, 0.2) is 61.4 Å². The van der Waals surface area contributed by atoms with E-state index in [2.05, 4.69) is 25.0 Å². The summed E-state index contributed by atoms with van der Waals surface area (Å²) >= 11 is 4.78. The fourth-order valence-electron chi connectivity index (χ4n) is 4.33. The number of fused-ring (bicyclic) bond motifs is 1. The van der Waals surface area contributed by atoms with Crippen LogP contribution in [0.5, 0.6) is 5.75 Å². The van der Waals surface area contributed by atoms with Gasteiger partial charge in [-0.3, -0.25) is 4.79 Å². The number of alkyl halides is 3. The van der Waals surface area contributed by atoms with Crippen molar-refractivity contribution >= 4 is 34.2 Å². The molecule has 0 bridgehead atoms. The van der Waals surface area contributed by atoms with Gasteiger partial charge in [0.1, 0.15) is 12.1 Å². The molecule has 0 aliphatic heterocycles. The Bertz CT molecular complexity index is 1380. The molecule has 4 aromatic rings. The van der Waals surface area contributed by atoms with Crippen molar-refractivity contribution in [2.75, 3.05) is 5.32 Å². The molecular formula is C24H20ClF2N5O3. The second-order valence-corrected chi connectivity index (χ2v) is 9.20. The summed E-state index contributed by atoms with van der Waals surface area (Å²) in [7, 11) is 0. The normalized spacial score (nSPS) is 19.9. The number of anilines is 1. The first-order valence-corrected chi connectivity index (χ1v) is 11.1. The van der Waals surface area contributed by atoms with Crippen molar-refractivity contribution in [1.82, 2.24) is 19.5 Å². The molecule has 2 N–H and O–H groups in total. The van der Waals surface area contributed by atoms with Gasteiger partial charge < -0.3 is 19.7 Å². The highest BCUT2D eigenvalue weighted by Gasteiger charge is 2.40. The molecule has 8 nitrogen and oxygen atoms in total. The van der Waals surface area contributed by atoms with E-state index in [9.17, 15) is 18.7 Å². The maximum absolute atomic E-state index is 13.1. The molecule has 11 heteroatoms. The van der Waals surface area contributed by atoms with Gasteiger partial charge in [0.15, 0.2) is 0 Å². The second kappa shape index (κ2) is 8.54. The van der Waals surface area contributed by atoms with E-state index in [-0.39, 0.29) is 11.8 Å². The van der Waals surface area contributed by atoms with Crippen LogP contribution in [0.25, 0.3) is 22.2 Å². The number of amides is 1. The minimum absolute atomic E-state index is 0.0826. The molecule has 2 heterocycles. The largest absolute Gasteiger partial charge is 0.487 e. The quantitative estimate of drug-likeness (QED) is 0.362. The fraction of sp³-hybridized carbons (Fsp3) is 0.250. The summed E-state index contributed by atoms with van der Waals surface area (Å²) in [5.74, 6) is -0.557. The van der Waals surface area contributed by atoms with E-state index in [0.29, 0.717) is 35.2 Å². The van der Waals surface area contributed by atoms with Gasteiger partial charge in [-0.2, -0.15) is 0 Å². The van der Waals surface area contributed by atoms with Crippen molar-refractivity contribution in [3.8, 4) is 16.9 Å². The van der Waals surface area contributed by atoms with Gasteiger partial charge in [0.2, 0.25) is 0 Å². The number of hydrogen-bond donors (Lipinski definition) is 2. The molecule has 0 saturated heterocycles. The van der Waals surface area contributed by atoms with Gasteiger partial charge in [-0.25, -0.2) is 15.0 Å². The second-order valence-electron chi connectivity index (χ2n) is 8.76. The van der Waals surface area contributed by atoms with Gasteiger partial charge in [0.05, 0.1) is 23.0 Å². The Morgan fingerprint density at radius 3 is 2.54 bits per heavy atom. The van der Waals surface area contributed by atoms with Gasteiger partial charge in [-0.15, -0.1) is 8.78 Å². The van der Waals surface area contributed by atoms with Crippen LogP contribution >= 0.6 is 11.6 Å². The SMILES string of the molecule is C[C@]1(O)C[C@H](n2cnc3cc(C(=O)Nc4ccc(OC(F)(F)Cl)cc4)cc(-c4cncnc4)c32)C1. The molecule has 35 heavy (non-hydrogen) atoms. The Morgan fingerprint density at radius 1 is 1.23 bits per heavy atom. The molecule has 0 unspecified atom stereocenters. The minimum atomic E-state index is -3.82. The summed E-state index contributed by atoms with van der Waals surface area (Å²) < 4.78 is 31.9. The molecule has 1 aliphatic carbocycles. The standard InChI is InChI=1S/C24H20ClF2N5O3/c1-23(34)8-17(9-23)32-13-30-20-7-14(6-19(21(20)32)15-10-28-12-29-11-15)22(33)31-16-2-4-18(5-3-16)35-24(25,26)27/h2-7,10-13,17,34H,8-9H2,1H3,(H,31,33)/t17-,23-. The van der Waals surface area contributed by atoms with Crippen LogP contribution in [0.2, 0.25) is 0 Å². The third-order valence-electron chi connectivity index (χ3n) is 5.89. The first-order valence-electron chi connectivity index (χ1n) is 10.7. The summed E-state index contributed by atoms with van der Waals surface area (Å²) in [6.07, 6.45) is 7.64. The summed E-state index contributed by atoms with van der Waals surface area (Å²) in [6, 6.07) is 8.90. The highest BCUT2D eigenvalue weighted by Crippen LogP contribution is 2.43. The molecule has 2 aromatic heterocycles. The predicted molar refractivity (Wildman–Crippen MR) is 125 cm³/mol.